The van der Waals surface area contributed by atoms with E-state index < -0.39 is 0 Å². The van der Waals surface area contributed by atoms with Crippen molar-refractivity contribution >= 4 is 5.78 Å². The number of aliphatic hydroxyl groups is 1. The van der Waals surface area contributed by atoms with Gasteiger partial charge < -0.3 is 5.11 Å². The van der Waals surface area contributed by atoms with Crippen LogP contribution in [-0.4, -0.2) is 10.9 Å². The molecule has 0 heterocycles. The lowest BCUT2D eigenvalue weighted by Gasteiger charge is -2.06. The maximum absolute atomic E-state index is 10.7. The molecule has 0 amide bonds. The Labute approximate surface area is 73.6 Å². The van der Waals surface area contributed by atoms with Gasteiger partial charge in [0.1, 0.15) is 5.76 Å². The summed E-state index contributed by atoms with van der Waals surface area (Å²) in [5.41, 5.74) is 0.464. The topological polar surface area (TPSA) is 37.3 Å². The zero-order chi connectivity index (χ0) is 9.56. The second-order valence-corrected chi connectivity index (χ2v) is 2.34. The van der Waals surface area contributed by atoms with E-state index in [2.05, 4.69) is 0 Å². The van der Waals surface area contributed by atoms with Crippen molar-refractivity contribution in [3.63, 3.8) is 0 Å². The van der Waals surface area contributed by atoms with Gasteiger partial charge in [0, 0.05) is 0 Å². The van der Waals surface area contributed by atoms with E-state index in [1.54, 1.807) is 12.2 Å². The van der Waals surface area contributed by atoms with Crippen LogP contribution in [0.5, 0.6) is 0 Å². The SMILES string of the molecule is CC.CC(=O)C1=CCCC=C1O. The minimum Gasteiger partial charge on any atom is -0.508 e. The van der Waals surface area contributed by atoms with Gasteiger partial charge in [0.15, 0.2) is 5.78 Å². The van der Waals surface area contributed by atoms with Crippen LogP contribution in [0.4, 0.5) is 0 Å². The molecule has 0 aliphatic heterocycles. The van der Waals surface area contributed by atoms with E-state index in [9.17, 15) is 4.79 Å². The number of ketones is 1. The fourth-order valence-electron chi connectivity index (χ4n) is 0.986. The zero-order valence-corrected chi connectivity index (χ0v) is 7.92. The second kappa shape index (κ2) is 5.58. The Balaban J connectivity index is 0.000000561. The van der Waals surface area contributed by atoms with Gasteiger partial charge in [-0.2, -0.15) is 0 Å². The van der Waals surface area contributed by atoms with Gasteiger partial charge in [-0.1, -0.05) is 19.9 Å². The van der Waals surface area contributed by atoms with Crippen molar-refractivity contribution in [2.75, 3.05) is 0 Å². The molecule has 1 aliphatic carbocycles. The second-order valence-electron chi connectivity index (χ2n) is 2.34. The van der Waals surface area contributed by atoms with Gasteiger partial charge >= 0.3 is 0 Å². The van der Waals surface area contributed by atoms with Crippen LogP contribution in [0, 0.1) is 0 Å². The summed E-state index contributed by atoms with van der Waals surface area (Å²) in [7, 11) is 0. The summed E-state index contributed by atoms with van der Waals surface area (Å²) in [5, 5.41) is 9.11. The standard InChI is InChI=1S/C8H10O2.C2H6/c1-6(9)7-4-2-3-5-8(7)10;1-2/h4-5,10H,2-3H2,1H3;1-2H3. The first-order valence-electron chi connectivity index (χ1n) is 4.32. The quantitative estimate of drug-likeness (QED) is 0.653. The number of Topliss-reactive ketones (excluding diaryl/α,β-unsaturated/α-hetero) is 1. The molecule has 0 bridgehead atoms. The highest BCUT2D eigenvalue weighted by atomic mass is 16.3. The van der Waals surface area contributed by atoms with E-state index in [0.717, 1.165) is 12.8 Å². The molecule has 0 saturated carbocycles. The molecule has 1 aliphatic rings. The maximum atomic E-state index is 10.7. The third-order valence-corrected chi connectivity index (χ3v) is 1.51. The Morgan fingerprint density at radius 2 is 1.83 bits per heavy atom. The Morgan fingerprint density at radius 3 is 2.17 bits per heavy atom. The molecule has 0 saturated heterocycles. The van der Waals surface area contributed by atoms with E-state index in [0.29, 0.717) is 5.57 Å². The fraction of sp³-hybridized carbons (Fsp3) is 0.500. The van der Waals surface area contributed by atoms with E-state index in [1.165, 1.54) is 6.92 Å². The predicted molar refractivity (Wildman–Crippen MR) is 50.1 cm³/mol. The smallest absolute Gasteiger partial charge is 0.163 e. The van der Waals surface area contributed by atoms with Crippen molar-refractivity contribution in [1.29, 1.82) is 0 Å². The first kappa shape index (κ1) is 11.0. The number of carbonyl (C=O) groups is 1. The van der Waals surface area contributed by atoms with Crippen LogP contribution in [0.15, 0.2) is 23.5 Å². The van der Waals surface area contributed by atoms with Crippen LogP contribution in [0.25, 0.3) is 0 Å². The summed E-state index contributed by atoms with van der Waals surface area (Å²) in [4.78, 5) is 10.7. The molecule has 0 aromatic rings. The average Bonchev–Trinajstić information content (AvgIpc) is 2.08. The molecule has 12 heavy (non-hydrogen) atoms. The molecule has 0 unspecified atom stereocenters. The lowest BCUT2D eigenvalue weighted by molar-refractivity contribution is -0.113. The lowest BCUT2D eigenvalue weighted by Crippen LogP contribution is -2.02. The van der Waals surface area contributed by atoms with Crippen molar-refractivity contribution in [3.8, 4) is 0 Å². The Bertz CT molecular complexity index is 212. The minimum absolute atomic E-state index is 0.0616. The third-order valence-electron chi connectivity index (χ3n) is 1.51. The van der Waals surface area contributed by atoms with Gasteiger partial charge in [-0.3, -0.25) is 4.79 Å². The predicted octanol–water partition coefficient (Wildman–Crippen LogP) is 2.76. The number of carbonyl (C=O) groups excluding carboxylic acids is 1. The zero-order valence-electron chi connectivity index (χ0n) is 7.92. The monoisotopic (exact) mass is 168 g/mol. The summed E-state index contributed by atoms with van der Waals surface area (Å²) in [6.07, 6.45) is 5.15. The first-order valence-corrected chi connectivity index (χ1v) is 4.32. The molecular weight excluding hydrogens is 152 g/mol. The molecule has 0 aromatic heterocycles. The fourth-order valence-corrected chi connectivity index (χ4v) is 0.986. The Kier molecular flexibility index (Phi) is 5.09. The maximum Gasteiger partial charge on any atom is 0.163 e. The van der Waals surface area contributed by atoms with Gasteiger partial charge in [0.2, 0.25) is 0 Å². The molecule has 1 N–H and O–H groups in total. The summed E-state index contributed by atoms with van der Waals surface area (Å²) in [5.74, 6) is 0.0761. The van der Waals surface area contributed by atoms with Crippen molar-refractivity contribution in [2.24, 2.45) is 0 Å². The van der Waals surface area contributed by atoms with E-state index in [-0.39, 0.29) is 11.5 Å². The molecule has 0 fully saturated rings. The minimum atomic E-state index is -0.0616. The van der Waals surface area contributed by atoms with E-state index in [4.69, 9.17) is 5.11 Å². The molecule has 68 valence electrons. The molecule has 0 spiro atoms. The highest BCUT2D eigenvalue weighted by Gasteiger charge is 2.10. The largest absolute Gasteiger partial charge is 0.508 e. The van der Waals surface area contributed by atoms with Crippen molar-refractivity contribution in [3.05, 3.63) is 23.5 Å². The summed E-state index contributed by atoms with van der Waals surface area (Å²) < 4.78 is 0. The normalized spacial score (nSPS) is 15.2. The van der Waals surface area contributed by atoms with Crippen LogP contribution in [0.1, 0.15) is 33.6 Å². The van der Waals surface area contributed by atoms with Crippen LogP contribution >= 0.6 is 0 Å². The van der Waals surface area contributed by atoms with Crippen LogP contribution < -0.4 is 0 Å². The van der Waals surface area contributed by atoms with Crippen LogP contribution in [0.2, 0.25) is 0 Å². The summed E-state index contributed by atoms with van der Waals surface area (Å²) in [6, 6.07) is 0. The number of aliphatic hydroxyl groups excluding tert-OH is 1. The molecule has 2 heteroatoms. The molecule has 1 rings (SSSR count). The molecule has 0 radical (unpaired) electrons. The summed E-state index contributed by atoms with van der Waals surface area (Å²) >= 11 is 0. The van der Waals surface area contributed by atoms with E-state index >= 15 is 0 Å². The van der Waals surface area contributed by atoms with Crippen LogP contribution in [-0.2, 0) is 4.79 Å². The Hall–Kier alpha value is -1.05. The molecule has 2 nitrogen and oxygen atoms in total. The van der Waals surface area contributed by atoms with Gasteiger partial charge in [-0.25, -0.2) is 0 Å². The van der Waals surface area contributed by atoms with Crippen LogP contribution in [0.3, 0.4) is 0 Å². The van der Waals surface area contributed by atoms with Crippen molar-refractivity contribution < 1.29 is 9.90 Å². The highest BCUT2D eigenvalue weighted by Crippen LogP contribution is 2.16. The number of hydrogen-bond acceptors (Lipinski definition) is 2. The summed E-state index contributed by atoms with van der Waals surface area (Å²) in [6.45, 7) is 5.46. The average molecular weight is 168 g/mol. The third kappa shape index (κ3) is 2.91. The highest BCUT2D eigenvalue weighted by molar-refractivity contribution is 5.97. The number of hydrogen-bond donors (Lipinski definition) is 1. The number of rotatable bonds is 1. The van der Waals surface area contributed by atoms with Gasteiger partial charge in [-0.05, 0) is 25.8 Å². The lowest BCUT2D eigenvalue weighted by atomic mass is 10.0. The number of allylic oxidation sites excluding steroid dienone is 3. The van der Waals surface area contributed by atoms with Gasteiger partial charge in [0.05, 0.1) is 5.57 Å². The molecular formula is C10H16O2. The van der Waals surface area contributed by atoms with Crippen molar-refractivity contribution in [1.82, 2.24) is 0 Å². The first-order chi connectivity index (χ1) is 5.72. The van der Waals surface area contributed by atoms with E-state index in [1.807, 2.05) is 13.8 Å². The molecule has 0 atom stereocenters. The van der Waals surface area contributed by atoms with Gasteiger partial charge in [0.25, 0.3) is 0 Å². The van der Waals surface area contributed by atoms with Gasteiger partial charge in [-0.15, -0.1) is 0 Å². The molecule has 0 aromatic carbocycles. The van der Waals surface area contributed by atoms with Crippen molar-refractivity contribution in [2.45, 2.75) is 33.6 Å². The Morgan fingerprint density at radius 1 is 1.33 bits per heavy atom.